The number of hydrogen-bond acceptors (Lipinski definition) is 7. The zero-order valence-electron chi connectivity index (χ0n) is 17.0. The normalized spacial score (nSPS) is 11.3. The molecular weight excluding hydrogens is 422 g/mol. The average molecular weight is 437 g/mol. The summed E-state index contributed by atoms with van der Waals surface area (Å²) in [7, 11) is 0. The summed E-state index contributed by atoms with van der Waals surface area (Å²) in [6.07, 6.45) is 1.52. The Labute approximate surface area is 186 Å². The molecule has 10 nitrogen and oxygen atoms in total. The number of aromatic nitrogens is 4. The quantitative estimate of drug-likeness (QED) is 0.254. The van der Waals surface area contributed by atoms with Crippen molar-refractivity contribution in [1.82, 2.24) is 25.2 Å². The number of fused-ring (bicyclic) bond motifs is 2. The number of nitro groups is 1. The van der Waals surface area contributed by atoms with Gasteiger partial charge < -0.3 is 0 Å². The minimum absolute atomic E-state index is 0.0341. The van der Waals surface area contributed by atoms with Crippen LogP contribution in [0.3, 0.4) is 0 Å². The number of nitrogens with zero attached hydrogens (tertiary/aromatic N) is 6. The third kappa shape index (κ3) is 3.88. The molecule has 3 aromatic carbocycles. The van der Waals surface area contributed by atoms with Crippen molar-refractivity contribution in [1.29, 1.82) is 0 Å². The van der Waals surface area contributed by atoms with E-state index in [9.17, 15) is 14.9 Å². The van der Waals surface area contributed by atoms with Gasteiger partial charge in [-0.2, -0.15) is 10.2 Å². The summed E-state index contributed by atoms with van der Waals surface area (Å²) in [5.74, 6) is -0.558. The number of rotatable bonds is 5. The monoisotopic (exact) mass is 437 g/mol. The number of carbonyl (C=O) groups is 1. The van der Waals surface area contributed by atoms with Crippen molar-refractivity contribution < 1.29 is 9.72 Å². The predicted octanol–water partition coefficient (Wildman–Crippen LogP) is 3.64. The molecule has 33 heavy (non-hydrogen) atoms. The van der Waals surface area contributed by atoms with E-state index >= 15 is 0 Å². The number of para-hydroxylation sites is 2. The predicted molar refractivity (Wildman–Crippen MR) is 122 cm³/mol. The first-order valence-corrected chi connectivity index (χ1v) is 9.89. The standard InChI is InChI=1S/C23H15N7O3/c31-23(27-24-14-15-6-2-1-3-7-15)21-20-22(26-19-9-5-4-8-18(19)25-20)29(28-21)16-10-12-17(13-11-16)30(32)33/h1-14H,(H,27,31)/b24-14+. The van der Waals surface area contributed by atoms with E-state index < -0.39 is 10.8 Å². The van der Waals surface area contributed by atoms with Crippen molar-refractivity contribution in [3.63, 3.8) is 0 Å². The first-order valence-electron chi connectivity index (χ1n) is 9.89. The van der Waals surface area contributed by atoms with Gasteiger partial charge in [0.2, 0.25) is 0 Å². The number of carbonyl (C=O) groups excluding carboxylic acids is 1. The SMILES string of the molecule is O=C(N/N=C/c1ccccc1)c1nn(-c2ccc([N+](=O)[O-])cc2)c2nc3ccccc3nc12. The van der Waals surface area contributed by atoms with Crippen LogP contribution in [0.15, 0.2) is 84.0 Å². The van der Waals surface area contributed by atoms with Crippen molar-refractivity contribution in [2.45, 2.75) is 0 Å². The molecule has 0 saturated carbocycles. The second-order valence-electron chi connectivity index (χ2n) is 7.03. The van der Waals surface area contributed by atoms with Gasteiger partial charge in [0.15, 0.2) is 11.3 Å². The molecule has 0 spiro atoms. The lowest BCUT2D eigenvalue weighted by Gasteiger charge is -2.03. The first-order chi connectivity index (χ1) is 16.1. The lowest BCUT2D eigenvalue weighted by atomic mass is 10.2. The number of non-ortho nitro benzene ring substituents is 1. The Balaban J connectivity index is 1.59. The maximum Gasteiger partial charge on any atom is 0.294 e. The maximum atomic E-state index is 12.9. The number of hydrogen-bond donors (Lipinski definition) is 1. The average Bonchev–Trinajstić information content (AvgIpc) is 3.21. The van der Waals surface area contributed by atoms with E-state index in [0.717, 1.165) is 5.56 Å². The molecule has 0 aliphatic carbocycles. The van der Waals surface area contributed by atoms with Gasteiger partial charge in [0.05, 0.1) is 27.9 Å². The second kappa shape index (κ2) is 8.27. The van der Waals surface area contributed by atoms with Gasteiger partial charge in [-0.3, -0.25) is 14.9 Å². The Bertz CT molecular complexity index is 1530. The van der Waals surface area contributed by atoms with Crippen LogP contribution in [0, 0.1) is 10.1 Å². The van der Waals surface area contributed by atoms with Gasteiger partial charge >= 0.3 is 0 Å². The Morgan fingerprint density at radius 1 is 0.939 bits per heavy atom. The van der Waals surface area contributed by atoms with Gasteiger partial charge in [0.1, 0.15) is 5.52 Å². The molecule has 1 amide bonds. The molecule has 0 unspecified atom stereocenters. The smallest absolute Gasteiger partial charge is 0.265 e. The Kier molecular flexibility index (Phi) is 5.00. The summed E-state index contributed by atoms with van der Waals surface area (Å²) in [5.41, 5.74) is 5.65. The van der Waals surface area contributed by atoms with E-state index in [1.54, 1.807) is 12.1 Å². The van der Waals surface area contributed by atoms with Crippen molar-refractivity contribution in [3.05, 3.63) is 100 Å². The summed E-state index contributed by atoms with van der Waals surface area (Å²) in [5, 5.41) is 19.4. The molecule has 0 bridgehead atoms. The van der Waals surface area contributed by atoms with Crippen LogP contribution in [0.2, 0.25) is 0 Å². The largest absolute Gasteiger partial charge is 0.294 e. The molecule has 5 aromatic rings. The number of amides is 1. The van der Waals surface area contributed by atoms with Crippen LogP contribution in [-0.2, 0) is 0 Å². The van der Waals surface area contributed by atoms with Crippen LogP contribution in [0.4, 0.5) is 5.69 Å². The van der Waals surface area contributed by atoms with E-state index in [-0.39, 0.29) is 11.4 Å². The summed E-state index contributed by atoms with van der Waals surface area (Å²) in [4.78, 5) is 32.6. The van der Waals surface area contributed by atoms with E-state index in [1.165, 1.54) is 35.2 Å². The second-order valence-corrected chi connectivity index (χ2v) is 7.03. The van der Waals surface area contributed by atoms with Gasteiger partial charge in [0, 0.05) is 12.1 Å². The molecule has 0 saturated heterocycles. The molecule has 2 heterocycles. The highest BCUT2D eigenvalue weighted by Crippen LogP contribution is 2.23. The highest BCUT2D eigenvalue weighted by molar-refractivity contribution is 6.04. The Morgan fingerprint density at radius 2 is 1.61 bits per heavy atom. The molecular formula is C23H15N7O3. The van der Waals surface area contributed by atoms with Crippen LogP contribution >= 0.6 is 0 Å². The van der Waals surface area contributed by atoms with Crippen LogP contribution < -0.4 is 5.43 Å². The van der Waals surface area contributed by atoms with Crippen molar-refractivity contribution in [3.8, 4) is 5.69 Å². The lowest BCUT2D eigenvalue weighted by molar-refractivity contribution is -0.384. The Hall–Kier alpha value is -4.99. The molecule has 0 aliphatic rings. The molecule has 0 atom stereocenters. The highest BCUT2D eigenvalue weighted by Gasteiger charge is 2.21. The fourth-order valence-corrected chi connectivity index (χ4v) is 3.30. The number of nitrogens with one attached hydrogen (secondary N) is 1. The van der Waals surface area contributed by atoms with Crippen molar-refractivity contribution in [2.24, 2.45) is 5.10 Å². The summed E-state index contributed by atoms with van der Waals surface area (Å²) in [6.45, 7) is 0. The first kappa shape index (κ1) is 19.9. The van der Waals surface area contributed by atoms with Crippen molar-refractivity contribution in [2.75, 3.05) is 0 Å². The number of benzene rings is 3. The lowest BCUT2D eigenvalue weighted by Crippen LogP contribution is -2.19. The molecule has 10 heteroatoms. The van der Waals surface area contributed by atoms with E-state index in [2.05, 4.69) is 25.6 Å². The molecule has 0 aliphatic heterocycles. The topological polar surface area (TPSA) is 128 Å². The molecule has 5 rings (SSSR count). The number of hydrazone groups is 1. The van der Waals surface area contributed by atoms with Crippen LogP contribution in [0.25, 0.3) is 27.9 Å². The highest BCUT2D eigenvalue weighted by atomic mass is 16.6. The van der Waals surface area contributed by atoms with Gasteiger partial charge in [-0.25, -0.2) is 20.1 Å². The van der Waals surface area contributed by atoms with Crippen LogP contribution in [0.1, 0.15) is 16.1 Å². The number of nitro benzene ring substituents is 1. The third-order valence-corrected chi connectivity index (χ3v) is 4.88. The van der Waals surface area contributed by atoms with Gasteiger partial charge in [-0.15, -0.1) is 0 Å². The Morgan fingerprint density at radius 3 is 2.30 bits per heavy atom. The molecule has 160 valence electrons. The van der Waals surface area contributed by atoms with Crippen LogP contribution in [0.5, 0.6) is 0 Å². The van der Waals surface area contributed by atoms with E-state index in [1.807, 2.05) is 42.5 Å². The molecule has 2 aromatic heterocycles. The van der Waals surface area contributed by atoms with E-state index in [0.29, 0.717) is 27.9 Å². The minimum atomic E-state index is -0.558. The zero-order chi connectivity index (χ0) is 22.8. The van der Waals surface area contributed by atoms with Gasteiger partial charge in [-0.1, -0.05) is 42.5 Å². The maximum absolute atomic E-state index is 12.9. The van der Waals surface area contributed by atoms with Gasteiger partial charge in [-0.05, 0) is 29.8 Å². The molecule has 0 radical (unpaired) electrons. The molecule has 1 N–H and O–H groups in total. The van der Waals surface area contributed by atoms with Crippen molar-refractivity contribution >= 4 is 40.0 Å². The van der Waals surface area contributed by atoms with Gasteiger partial charge in [0.25, 0.3) is 11.6 Å². The summed E-state index contributed by atoms with van der Waals surface area (Å²) < 4.78 is 1.44. The van der Waals surface area contributed by atoms with E-state index in [4.69, 9.17) is 0 Å². The molecule has 0 fully saturated rings. The summed E-state index contributed by atoms with van der Waals surface area (Å²) in [6, 6.07) is 22.4. The van der Waals surface area contributed by atoms with Crippen LogP contribution in [-0.4, -0.2) is 36.8 Å². The summed E-state index contributed by atoms with van der Waals surface area (Å²) >= 11 is 0. The minimum Gasteiger partial charge on any atom is -0.265 e. The fourth-order valence-electron chi connectivity index (χ4n) is 3.30. The zero-order valence-corrected chi connectivity index (χ0v) is 17.0. The third-order valence-electron chi connectivity index (χ3n) is 4.88. The fraction of sp³-hybridized carbons (Fsp3) is 0.